The van der Waals surface area contributed by atoms with Crippen molar-refractivity contribution in [2.24, 2.45) is 5.73 Å². The lowest BCUT2D eigenvalue weighted by Gasteiger charge is -2.09. The second-order valence-electron chi connectivity index (χ2n) is 3.32. The Balaban J connectivity index is 3.06. The molecule has 0 aliphatic heterocycles. The van der Waals surface area contributed by atoms with Gasteiger partial charge in [-0.2, -0.15) is 0 Å². The SMILES string of the molecule is CCc1cc(S(=O)(=O)Cl)ccc1OCC(N)=O. The second kappa shape index (κ2) is 5.37. The lowest BCUT2D eigenvalue weighted by molar-refractivity contribution is -0.119. The third-order valence-corrected chi connectivity index (χ3v) is 3.42. The highest BCUT2D eigenvalue weighted by atomic mass is 35.7. The predicted octanol–water partition coefficient (Wildman–Crippen LogP) is 1.04. The largest absolute Gasteiger partial charge is 0.484 e. The molecule has 1 amide bonds. The van der Waals surface area contributed by atoms with E-state index in [1.165, 1.54) is 18.2 Å². The first-order valence-corrected chi connectivity index (χ1v) is 7.14. The zero-order chi connectivity index (χ0) is 13.1. The van der Waals surface area contributed by atoms with E-state index in [-0.39, 0.29) is 11.5 Å². The van der Waals surface area contributed by atoms with Crippen LogP contribution in [0.25, 0.3) is 0 Å². The number of primary amides is 1. The van der Waals surface area contributed by atoms with Crippen molar-refractivity contribution < 1.29 is 17.9 Å². The third-order valence-electron chi connectivity index (χ3n) is 2.06. The van der Waals surface area contributed by atoms with Gasteiger partial charge in [0, 0.05) is 10.7 Å². The lowest BCUT2D eigenvalue weighted by Crippen LogP contribution is -2.20. The smallest absolute Gasteiger partial charge is 0.261 e. The van der Waals surface area contributed by atoms with Gasteiger partial charge in [-0.15, -0.1) is 0 Å². The first-order chi connectivity index (χ1) is 7.84. The van der Waals surface area contributed by atoms with Gasteiger partial charge in [-0.3, -0.25) is 4.79 Å². The zero-order valence-corrected chi connectivity index (χ0v) is 10.7. The normalized spacial score (nSPS) is 11.2. The molecule has 2 N–H and O–H groups in total. The van der Waals surface area contributed by atoms with Crippen LogP contribution in [-0.4, -0.2) is 20.9 Å². The van der Waals surface area contributed by atoms with Gasteiger partial charge in [-0.25, -0.2) is 8.42 Å². The van der Waals surface area contributed by atoms with E-state index in [1.807, 2.05) is 6.92 Å². The Hall–Kier alpha value is -1.27. The maximum Gasteiger partial charge on any atom is 0.261 e. The molecule has 5 nitrogen and oxygen atoms in total. The maximum atomic E-state index is 11.1. The van der Waals surface area contributed by atoms with Gasteiger partial charge in [0.05, 0.1) is 4.90 Å². The molecule has 0 saturated heterocycles. The molecular formula is C10H12ClNO4S. The van der Waals surface area contributed by atoms with Crippen LogP contribution in [0.15, 0.2) is 23.1 Å². The highest BCUT2D eigenvalue weighted by Gasteiger charge is 2.13. The molecule has 0 saturated carbocycles. The molecular weight excluding hydrogens is 266 g/mol. The monoisotopic (exact) mass is 277 g/mol. The van der Waals surface area contributed by atoms with Crippen LogP contribution in [-0.2, 0) is 20.3 Å². The Morgan fingerprint density at radius 1 is 1.47 bits per heavy atom. The van der Waals surface area contributed by atoms with E-state index in [4.69, 9.17) is 21.2 Å². The molecule has 1 aromatic carbocycles. The number of carbonyl (C=O) groups excluding carboxylic acids is 1. The molecule has 0 fully saturated rings. The predicted molar refractivity (Wildman–Crippen MR) is 63.5 cm³/mol. The Morgan fingerprint density at radius 3 is 2.59 bits per heavy atom. The number of carbonyl (C=O) groups is 1. The van der Waals surface area contributed by atoms with E-state index < -0.39 is 15.0 Å². The topological polar surface area (TPSA) is 86.5 Å². The van der Waals surface area contributed by atoms with Gasteiger partial charge in [-0.05, 0) is 30.2 Å². The van der Waals surface area contributed by atoms with Crippen molar-refractivity contribution in [3.63, 3.8) is 0 Å². The molecule has 1 rings (SSSR count). The van der Waals surface area contributed by atoms with Gasteiger partial charge in [0.15, 0.2) is 6.61 Å². The minimum Gasteiger partial charge on any atom is -0.484 e. The van der Waals surface area contributed by atoms with Gasteiger partial charge in [0.2, 0.25) is 0 Å². The number of benzene rings is 1. The van der Waals surface area contributed by atoms with E-state index in [0.717, 1.165) is 0 Å². The number of halogens is 1. The summed E-state index contributed by atoms with van der Waals surface area (Å²) >= 11 is 0. The summed E-state index contributed by atoms with van der Waals surface area (Å²) in [6, 6.07) is 4.19. The average Bonchev–Trinajstić information content (AvgIpc) is 2.24. The maximum absolute atomic E-state index is 11.1. The van der Waals surface area contributed by atoms with Crippen LogP contribution >= 0.6 is 10.7 Å². The van der Waals surface area contributed by atoms with E-state index in [2.05, 4.69) is 0 Å². The Bertz CT molecular complexity index is 527. The number of ether oxygens (including phenoxy) is 1. The summed E-state index contributed by atoms with van der Waals surface area (Å²) in [5, 5.41) is 0. The zero-order valence-electron chi connectivity index (χ0n) is 9.14. The van der Waals surface area contributed by atoms with E-state index in [1.54, 1.807) is 0 Å². The first-order valence-electron chi connectivity index (χ1n) is 4.83. The number of hydrogen-bond acceptors (Lipinski definition) is 4. The van der Waals surface area contributed by atoms with Crippen LogP contribution in [0.2, 0.25) is 0 Å². The summed E-state index contributed by atoms with van der Waals surface area (Å²) in [6.45, 7) is 1.58. The number of amides is 1. The van der Waals surface area contributed by atoms with Crippen molar-refractivity contribution in [3.8, 4) is 5.75 Å². The summed E-state index contributed by atoms with van der Waals surface area (Å²) in [5.74, 6) is -0.170. The number of hydrogen-bond donors (Lipinski definition) is 1. The molecule has 17 heavy (non-hydrogen) atoms. The fourth-order valence-electron chi connectivity index (χ4n) is 1.27. The highest BCUT2D eigenvalue weighted by Crippen LogP contribution is 2.25. The Kier molecular flexibility index (Phi) is 4.36. The number of aryl methyl sites for hydroxylation is 1. The molecule has 0 radical (unpaired) electrons. The molecule has 1 aromatic rings. The Morgan fingerprint density at radius 2 is 2.12 bits per heavy atom. The molecule has 0 aliphatic carbocycles. The van der Waals surface area contributed by atoms with Gasteiger partial charge in [0.1, 0.15) is 5.75 Å². The molecule has 0 unspecified atom stereocenters. The average molecular weight is 278 g/mol. The van der Waals surface area contributed by atoms with Crippen LogP contribution in [0.3, 0.4) is 0 Å². The fraction of sp³-hybridized carbons (Fsp3) is 0.300. The fourth-order valence-corrected chi connectivity index (χ4v) is 2.08. The second-order valence-corrected chi connectivity index (χ2v) is 5.88. The molecule has 0 spiro atoms. The van der Waals surface area contributed by atoms with E-state index >= 15 is 0 Å². The molecule has 0 heterocycles. The molecule has 94 valence electrons. The van der Waals surface area contributed by atoms with Gasteiger partial charge in [0.25, 0.3) is 15.0 Å². The molecule has 0 aromatic heterocycles. The van der Waals surface area contributed by atoms with Crippen LogP contribution in [0.5, 0.6) is 5.75 Å². The number of rotatable bonds is 5. The van der Waals surface area contributed by atoms with Gasteiger partial charge < -0.3 is 10.5 Å². The van der Waals surface area contributed by atoms with Crippen LogP contribution in [0.1, 0.15) is 12.5 Å². The standard InChI is InChI=1S/C10H12ClNO4S/c1-2-7-5-8(17(11,14)15)3-4-9(7)16-6-10(12)13/h3-5H,2,6H2,1H3,(H2,12,13). The highest BCUT2D eigenvalue weighted by molar-refractivity contribution is 8.13. The summed E-state index contributed by atoms with van der Waals surface area (Å²) in [5.41, 5.74) is 5.60. The van der Waals surface area contributed by atoms with Crippen molar-refractivity contribution >= 4 is 25.6 Å². The Labute approximate surface area is 104 Å². The third kappa shape index (κ3) is 3.90. The summed E-state index contributed by atoms with van der Waals surface area (Å²) < 4.78 is 27.4. The van der Waals surface area contributed by atoms with E-state index in [0.29, 0.717) is 17.7 Å². The summed E-state index contributed by atoms with van der Waals surface area (Å²) in [6.07, 6.45) is 0.550. The summed E-state index contributed by atoms with van der Waals surface area (Å²) in [7, 11) is 1.47. The van der Waals surface area contributed by atoms with Crippen molar-refractivity contribution in [2.75, 3.05) is 6.61 Å². The lowest BCUT2D eigenvalue weighted by atomic mass is 10.1. The minimum absolute atomic E-state index is 0.00226. The van der Waals surface area contributed by atoms with Gasteiger partial charge in [-0.1, -0.05) is 6.92 Å². The minimum atomic E-state index is -3.76. The van der Waals surface area contributed by atoms with Gasteiger partial charge >= 0.3 is 0 Å². The van der Waals surface area contributed by atoms with Crippen LogP contribution in [0.4, 0.5) is 0 Å². The van der Waals surface area contributed by atoms with Crippen molar-refractivity contribution in [1.29, 1.82) is 0 Å². The van der Waals surface area contributed by atoms with Crippen LogP contribution in [0, 0.1) is 0 Å². The van der Waals surface area contributed by atoms with Crippen molar-refractivity contribution in [1.82, 2.24) is 0 Å². The summed E-state index contributed by atoms with van der Waals surface area (Å²) in [4.78, 5) is 10.6. The molecule has 7 heteroatoms. The quantitative estimate of drug-likeness (QED) is 0.815. The van der Waals surface area contributed by atoms with Crippen molar-refractivity contribution in [3.05, 3.63) is 23.8 Å². The molecule has 0 aliphatic rings. The molecule has 0 atom stereocenters. The number of nitrogens with two attached hydrogens (primary N) is 1. The first kappa shape index (κ1) is 13.8. The van der Waals surface area contributed by atoms with Crippen molar-refractivity contribution in [2.45, 2.75) is 18.2 Å². The molecule has 0 bridgehead atoms. The van der Waals surface area contributed by atoms with Crippen LogP contribution < -0.4 is 10.5 Å². The van der Waals surface area contributed by atoms with E-state index in [9.17, 15) is 13.2 Å².